The molecule has 4 aromatic heterocycles. The quantitative estimate of drug-likeness (QED) is 0.318. The van der Waals surface area contributed by atoms with Gasteiger partial charge in [0.15, 0.2) is 0 Å². The van der Waals surface area contributed by atoms with E-state index in [0.29, 0.717) is 17.6 Å². The molecule has 0 bridgehead atoms. The fourth-order valence-corrected chi connectivity index (χ4v) is 5.37. The Kier molecular flexibility index (Phi) is 5.85. The predicted molar refractivity (Wildman–Crippen MR) is 146 cm³/mol. The molecule has 1 fully saturated rings. The van der Waals surface area contributed by atoms with E-state index in [0.717, 1.165) is 47.4 Å². The van der Waals surface area contributed by atoms with Crippen LogP contribution >= 0.6 is 0 Å². The molecular formula is C29H32N6O. The van der Waals surface area contributed by atoms with Crippen LogP contribution in [0.5, 0.6) is 0 Å². The minimum Gasteiger partial charge on any atom is -0.382 e. The highest BCUT2D eigenvalue weighted by Gasteiger charge is 2.20. The van der Waals surface area contributed by atoms with Gasteiger partial charge in [-0.2, -0.15) is 0 Å². The summed E-state index contributed by atoms with van der Waals surface area (Å²) in [5.74, 6) is 0. The van der Waals surface area contributed by atoms with Crippen LogP contribution in [0.25, 0.3) is 27.7 Å². The summed E-state index contributed by atoms with van der Waals surface area (Å²) in [6, 6.07) is 15.8. The van der Waals surface area contributed by atoms with Crippen molar-refractivity contribution in [3.05, 3.63) is 88.9 Å². The third-order valence-corrected chi connectivity index (χ3v) is 7.46. The van der Waals surface area contributed by atoms with Gasteiger partial charge in [0.1, 0.15) is 11.2 Å². The Labute approximate surface area is 210 Å². The molecule has 0 spiro atoms. The van der Waals surface area contributed by atoms with Gasteiger partial charge in [0, 0.05) is 84.3 Å². The zero-order chi connectivity index (χ0) is 24.6. The number of likely N-dealkylation sites (tertiary alicyclic amines) is 1. The number of aromatic nitrogens is 4. The van der Waals surface area contributed by atoms with Crippen LogP contribution < -0.4 is 10.9 Å². The topological polar surface area (TPSA) is 81.2 Å². The highest BCUT2D eigenvalue weighted by Crippen LogP contribution is 2.29. The molecule has 1 aliphatic heterocycles. The predicted octanol–water partition coefficient (Wildman–Crippen LogP) is 5.05. The summed E-state index contributed by atoms with van der Waals surface area (Å²) >= 11 is 0. The molecule has 1 aliphatic rings. The van der Waals surface area contributed by atoms with Crippen molar-refractivity contribution in [2.75, 3.05) is 18.4 Å². The molecule has 5 heterocycles. The molecule has 3 N–H and O–H groups in total. The molecule has 7 nitrogen and oxygen atoms in total. The van der Waals surface area contributed by atoms with E-state index in [1.807, 2.05) is 35.0 Å². The minimum atomic E-state index is -0.0916. The molecular weight excluding hydrogens is 448 g/mol. The molecule has 1 saturated heterocycles. The van der Waals surface area contributed by atoms with Crippen LogP contribution in [0.2, 0.25) is 0 Å². The summed E-state index contributed by atoms with van der Waals surface area (Å²) in [5, 5.41) is 4.76. The van der Waals surface area contributed by atoms with E-state index >= 15 is 0 Å². The van der Waals surface area contributed by atoms with Crippen LogP contribution in [-0.4, -0.2) is 49.4 Å². The summed E-state index contributed by atoms with van der Waals surface area (Å²) in [5.41, 5.74) is 6.85. The van der Waals surface area contributed by atoms with E-state index < -0.39 is 0 Å². The number of benzene rings is 1. The number of piperidine rings is 1. The summed E-state index contributed by atoms with van der Waals surface area (Å²) in [6.07, 6.45) is 10.7. The highest BCUT2D eigenvalue weighted by molar-refractivity contribution is 5.94. The average Bonchev–Trinajstić information content (AvgIpc) is 3.53. The maximum atomic E-state index is 12.6. The summed E-state index contributed by atoms with van der Waals surface area (Å²) in [6.45, 7) is 6.86. The maximum Gasteiger partial charge on any atom is 0.272 e. The first-order valence-electron chi connectivity index (χ1n) is 12.8. The molecule has 5 aromatic rings. The Morgan fingerprint density at radius 2 is 1.89 bits per heavy atom. The Morgan fingerprint density at radius 3 is 2.67 bits per heavy atom. The largest absolute Gasteiger partial charge is 0.382 e. The van der Waals surface area contributed by atoms with Gasteiger partial charge < -0.3 is 24.6 Å². The van der Waals surface area contributed by atoms with Crippen molar-refractivity contribution in [1.82, 2.24) is 24.3 Å². The van der Waals surface area contributed by atoms with Gasteiger partial charge >= 0.3 is 0 Å². The minimum absolute atomic E-state index is 0.0916. The number of aromatic amines is 2. The Bertz CT molecular complexity index is 1550. The van der Waals surface area contributed by atoms with E-state index in [4.69, 9.17) is 0 Å². The smallest absolute Gasteiger partial charge is 0.272 e. The zero-order valence-electron chi connectivity index (χ0n) is 20.8. The van der Waals surface area contributed by atoms with Gasteiger partial charge in [-0.1, -0.05) is 12.1 Å². The Morgan fingerprint density at radius 1 is 1.08 bits per heavy atom. The molecule has 0 radical (unpaired) electrons. The summed E-state index contributed by atoms with van der Waals surface area (Å²) in [4.78, 5) is 25.7. The lowest BCUT2D eigenvalue weighted by atomic mass is 10.0. The molecule has 36 heavy (non-hydrogen) atoms. The van der Waals surface area contributed by atoms with Crippen LogP contribution in [0.1, 0.15) is 37.9 Å². The van der Waals surface area contributed by atoms with Crippen molar-refractivity contribution in [3.63, 3.8) is 0 Å². The maximum absolute atomic E-state index is 12.6. The molecule has 0 aliphatic carbocycles. The first kappa shape index (κ1) is 22.6. The number of hydrogen-bond acceptors (Lipinski definition) is 4. The second-order valence-corrected chi connectivity index (χ2v) is 10.1. The lowest BCUT2D eigenvalue weighted by Gasteiger charge is -2.35. The monoisotopic (exact) mass is 480 g/mol. The second-order valence-electron chi connectivity index (χ2n) is 10.1. The fourth-order valence-electron chi connectivity index (χ4n) is 5.37. The van der Waals surface area contributed by atoms with E-state index in [-0.39, 0.29) is 5.56 Å². The van der Waals surface area contributed by atoms with Gasteiger partial charge in [-0.15, -0.1) is 0 Å². The lowest BCUT2D eigenvalue weighted by Crippen LogP contribution is -2.42. The number of hydrogen-bond donors (Lipinski definition) is 3. The third-order valence-electron chi connectivity index (χ3n) is 7.46. The van der Waals surface area contributed by atoms with Crippen LogP contribution in [-0.2, 0) is 6.42 Å². The van der Waals surface area contributed by atoms with E-state index in [2.05, 4.69) is 69.5 Å². The normalized spacial score (nSPS) is 15.3. The molecule has 0 saturated carbocycles. The number of nitrogens with zero attached hydrogens (tertiary/aromatic N) is 3. The third kappa shape index (κ3) is 4.31. The number of H-pyrrole nitrogens is 2. The van der Waals surface area contributed by atoms with Crippen LogP contribution in [0.15, 0.2) is 72.0 Å². The van der Waals surface area contributed by atoms with Gasteiger partial charge in [-0.3, -0.25) is 4.79 Å². The van der Waals surface area contributed by atoms with E-state index in [1.165, 1.54) is 24.1 Å². The summed E-state index contributed by atoms with van der Waals surface area (Å²) in [7, 11) is 0. The second kappa shape index (κ2) is 9.32. The van der Waals surface area contributed by atoms with E-state index in [9.17, 15) is 4.79 Å². The van der Waals surface area contributed by atoms with Gasteiger partial charge in [-0.05, 0) is 62.6 Å². The Hall–Kier alpha value is -3.84. The van der Waals surface area contributed by atoms with Crippen molar-refractivity contribution < 1.29 is 0 Å². The molecule has 6 rings (SSSR count). The SMILES string of the molecule is CC(C)N1CCC(Nc2ccc(Cc3c[nH]c(=O)c4cc(-c5c[nH]c6ncccc56)cn34)cc2)CC1. The van der Waals surface area contributed by atoms with Crippen molar-refractivity contribution in [3.8, 4) is 11.1 Å². The molecule has 184 valence electrons. The molecule has 0 atom stereocenters. The van der Waals surface area contributed by atoms with Crippen LogP contribution in [0, 0.1) is 0 Å². The van der Waals surface area contributed by atoms with Gasteiger partial charge in [0.25, 0.3) is 5.56 Å². The Balaban J connectivity index is 1.21. The fraction of sp³-hybridized carbons (Fsp3) is 0.310. The molecule has 7 heteroatoms. The van der Waals surface area contributed by atoms with Crippen molar-refractivity contribution in [1.29, 1.82) is 0 Å². The number of anilines is 1. The van der Waals surface area contributed by atoms with Gasteiger partial charge in [0.2, 0.25) is 0 Å². The summed E-state index contributed by atoms with van der Waals surface area (Å²) < 4.78 is 2.01. The van der Waals surface area contributed by atoms with Crippen LogP contribution in [0.3, 0.4) is 0 Å². The number of fused-ring (bicyclic) bond motifs is 2. The van der Waals surface area contributed by atoms with Gasteiger partial charge in [0.05, 0.1) is 0 Å². The van der Waals surface area contributed by atoms with Crippen molar-refractivity contribution >= 4 is 22.2 Å². The first-order valence-corrected chi connectivity index (χ1v) is 12.8. The number of nitrogens with one attached hydrogen (secondary N) is 3. The van der Waals surface area contributed by atoms with Crippen LogP contribution in [0.4, 0.5) is 5.69 Å². The number of rotatable bonds is 6. The van der Waals surface area contributed by atoms with Crippen molar-refractivity contribution in [2.45, 2.75) is 45.2 Å². The molecule has 0 amide bonds. The molecule has 1 aromatic carbocycles. The van der Waals surface area contributed by atoms with E-state index in [1.54, 1.807) is 6.20 Å². The average molecular weight is 481 g/mol. The van der Waals surface area contributed by atoms with Gasteiger partial charge in [-0.25, -0.2) is 4.98 Å². The first-order chi connectivity index (χ1) is 17.5. The molecule has 0 unspecified atom stereocenters. The standard InChI is InChI=1S/C29H32N6O/c1-19(2)34-12-9-23(10-13-34)33-22-7-5-20(6-8-22)14-24-16-32-29(36)27-15-21(18-35(24)27)26-17-31-28-25(26)4-3-11-30-28/h3-8,11,15-19,23,33H,9-10,12-14H2,1-2H3,(H,30,31)(H,32,36). The highest BCUT2D eigenvalue weighted by atomic mass is 16.1. The zero-order valence-corrected chi connectivity index (χ0v) is 20.8. The lowest BCUT2D eigenvalue weighted by molar-refractivity contribution is 0.177. The van der Waals surface area contributed by atoms with Crippen molar-refractivity contribution in [2.24, 2.45) is 0 Å². The number of pyridine rings is 1.